The van der Waals surface area contributed by atoms with Gasteiger partial charge in [-0.25, -0.2) is 0 Å². The van der Waals surface area contributed by atoms with Crippen LogP contribution in [-0.2, 0) is 0 Å². The van der Waals surface area contributed by atoms with Crippen LogP contribution in [-0.4, -0.2) is 6.54 Å². The second kappa shape index (κ2) is 4.84. The zero-order chi connectivity index (χ0) is 9.52. The Labute approximate surface area is 79.1 Å². The monoisotopic (exact) mass is 188 g/mol. The Morgan fingerprint density at radius 3 is 3.15 bits per heavy atom. The molecule has 0 aliphatic rings. The third-order valence-corrected chi connectivity index (χ3v) is 1.99. The number of thiophene rings is 1. The maximum absolute atomic E-state index is 8.51. The van der Waals surface area contributed by atoms with Crippen molar-refractivity contribution in [2.45, 2.75) is 0 Å². The van der Waals surface area contributed by atoms with Crippen molar-refractivity contribution in [2.75, 3.05) is 6.54 Å². The molecule has 0 unspecified atom stereocenters. The van der Waals surface area contributed by atoms with Crippen molar-refractivity contribution >= 4 is 11.3 Å². The molecule has 0 spiro atoms. The predicted molar refractivity (Wildman–Crippen MR) is 49.9 cm³/mol. The Morgan fingerprint density at radius 2 is 2.54 bits per heavy atom. The minimum absolute atomic E-state index is 0.161. The minimum atomic E-state index is 0.161. The molecule has 4 nitrogen and oxygen atoms in total. The van der Waals surface area contributed by atoms with Crippen LogP contribution in [0.15, 0.2) is 16.6 Å². The standard InChI is InChI=1S/C8H4N4S/c9-5-8-4-7(6-13-8)2-1-3-11-12-10/h4,6H,3H2. The molecule has 62 valence electrons. The van der Waals surface area contributed by atoms with E-state index in [1.165, 1.54) is 11.3 Å². The highest BCUT2D eigenvalue weighted by atomic mass is 32.1. The summed E-state index contributed by atoms with van der Waals surface area (Å²) in [5, 5.41) is 13.6. The van der Waals surface area contributed by atoms with Crippen LogP contribution in [0.4, 0.5) is 0 Å². The van der Waals surface area contributed by atoms with E-state index in [2.05, 4.69) is 21.9 Å². The lowest BCUT2D eigenvalue weighted by molar-refractivity contribution is 1.25. The van der Waals surface area contributed by atoms with Gasteiger partial charge < -0.3 is 0 Å². The van der Waals surface area contributed by atoms with Gasteiger partial charge in [-0.3, -0.25) is 0 Å². The Morgan fingerprint density at radius 1 is 1.69 bits per heavy atom. The summed E-state index contributed by atoms with van der Waals surface area (Å²) >= 11 is 1.35. The second-order valence-electron chi connectivity index (χ2n) is 2.00. The SMILES string of the molecule is N#Cc1cc(C#CCN=[N+]=[N-])cs1. The molecule has 1 rings (SSSR count). The van der Waals surface area contributed by atoms with Crippen molar-refractivity contribution in [3.8, 4) is 17.9 Å². The fourth-order valence-corrected chi connectivity index (χ4v) is 1.30. The molecule has 13 heavy (non-hydrogen) atoms. The van der Waals surface area contributed by atoms with Gasteiger partial charge >= 0.3 is 0 Å². The predicted octanol–water partition coefficient (Wildman–Crippen LogP) is 2.28. The lowest BCUT2D eigenvalue weighted by Crippen LogP contribution is -1.69. The largest absolute Gasteiger partial charge is 0.192 e. The molecule has 1 aromatic rings. The third-order valence-electron chi connectivity index (χ3n) is 1.16. The first-order valence-corrected chi connectivity index (χ1v) is 4.23. The number of nitriles is 1. The molecule has 0 saturated carbocycles. The van der Waals surface area contributed by atoms with E-state index in [9.17, 15) is 0 Å². The lowest BCUT2D eigenvalue weighted by Gasteiger charge is -1.74. The molecule has 0 atom stereocenters. The summed E-state index contributed by atoms with van der Waals surface area (Å²) in [5.74, 6) is 5.45. The number of hydrogen-bond acceptors (Lipinski definition) is 3. The van der Waals surface area contributed by atoms with Crippen LogP contribution < -0.4 is 0 Å². The maximum Gasteiger partial charge on any atom is 0.110 e. The zero-order valence-corrected chi connectivity index (χ0v) is 7.38. The average Bonchev–Trinajstić information content (AvgIpc) is 2.60. The van der Waals surface area contributed by atoms with Gasteiger partial charge in [-0.15, -0.1) is 11.3 Å². The molecule has 0 radical (unpaired) electrons. The molecular formula is C8H4N4S. The molecule has 1 heterocycles. The Bertz CT molecular complexity index is 437. The highest BCUT2D eigenvalue weighted by Crippen LogP contribution is 2.11. The number of azide groups is 1. The summed E-state index contributed by atoms with van der Waals surface area (Å²) < 4.78 is 0. The van der Waals surface area contributed by atoms with Crippen LogP contribution >= 0.6 is 11.3 Å². The van der Waals surface area contributed by atoms with Crippen molar-refractivity contribution in [2.24, 2.45) is 5.11 Å². The van der Waals surface area contributed by atoms with Gasteiger partial charge in [0.15, 0.2) is 0 Å². The molecule has 0 amide bonds. The van der Waals surface area contributed by atoms with Crippen LogP contribution in [0.2, 0.25) is 0 Å². The molecule has 0 saturated heterocycles. The summed E-state index contributed by atoms with van der Waals surface area (Å²) in [4.78, 5) is 3.19. The van der Waals surface area contributed by atoms with Crippen LogP contribution in [0.25, 0.3) is 10.4 Å². The summed E-state index contributed by atoms with van der Waals surface area (Å²) in [6, 6.07) is 3.72. The Hall–Kier alpha value is -1.94. The van der Waals surface area contributed by atoms with Gasteiger partial charge in [0, 0.05) is 15.9 Å². The van der Waals surface area contributed by atoms with Gasteiger partial charge in [0.2, 0.25) is 0 Å². The molecule has 0 bridgehead atoms. The fourth-order valence-electron chi connectivity index (χ4n) is 0.669. The number of rotatable bonds is 1. The van der Waals surface area contributed by atoms with Crippen LogP contribution in [0.5, 0.6) is 0 Å². The van der Waals surface area contributed by atoms with Crippen LogP contribution in [0.3, 0.4) is 0 Å². The molecule has 5 heteroatoms. The van der Waals surface area contributed by atoms with E-state index >= 15 is 0 Å². The number of hydrogen-bond donors (Lipinski definition) is 0. The lowest BCUT2D eigenvalue weighted by atomic mass is 10.3. The van der Waals surface area contributed by atoms with E-state index in [4.69, 9.17) is 10.8 Å². The minimum Gasteiger partial charge on any atom is -0.192 e. The van der Waals surface area contributed by atoms with Crippen LogP contribution in [0, 0.1) is 23.2 Å². The summed E-state index contributed by atoms with van der Waals surface area (Å²) in [7, 11) is 0. The van der Waals surface area contributed by atoms with Gasteiger partial charge in [-0.2, -0.15) is 5.26 Å². The molecule has 0 aliphatic heterocycles. The van der Waals surface area contributed by atoms with Crippen molar-refractivity contribution in [1.82, 2.24) is 0 Å². The van der Waals surface area contributed by atoms with E-state index in [0.29, 0.717) is 4.88 Å². The second-order valence-corrected chi connectivity index (χ2v) is 2.91. The van der Waals surface area contributed by atoms with Crippen LogP contribution in [0.1, 0.15) is 10.4 Å². The highest BCUT2D eigenvalue weighted by molar-refractivity contribution is 7.10. The zero-order valence-electron chi connectivity index (χ0n) is 6.56. The topological polar surface area (TPSA) is 72.5 Å². The van der Waals surface area contributed by atoms with Crippen molar-refractivity contribution in [3.05, 3.63) is 32.3 Å². The third kappa shape index (κ3) is 2.88. The summed E-state index contributed by atoms with van der Waals surface area (Å²) in [6.45, 7) is 0.161. The summed E-state index contributed by atoms with van der Waals surface area (Å²) in [6.07, 6.45) is 0. The van der Waals surface area contributed by atoms with E-state index < -0.39 is 0 Å². The fraction of sp³-hybridized carbons (Fsp3) is 0.125. The normalized spacial score (nSPS) is 7.62. The molecule has 1 aromatic heterocycles. The Balaban J connectivity index is 2.67. The van der Waals surface area contributed by atoms with Crippen molar-refractivity contribution in [1.29, 1.82) is 5.26 Å². The number of nitrogens with zero attached hydrogens (tertiary/aromatic N) is 4. The van der Waals surface area contributed by atoms with E-state index in [1.54, 1.807) is 11.4 Å². The van der Waals surface area contributed by atoms with Gasteiger partial charge in [0.1, 0.15) is 10.9 Å². The summed E-state index contributed by atoms with van der Waals surface area (Å²) in [5.41, 5.74) is 8.74. The van der Waals surface area contributed by atoms with Crippen molar-refractivity contribution in [3.63, 3.8) is 0 Å². The van der Waals surface area contributed by atoms with E-state index in [-0.39, 0.29) is 6.54 Å². The van der Waals surface area contributed by atoms with Gasteiger partial charge in [-0.1, -0.05) is 17.0 Å². The van der Waals surface area contributed by atoms with Gasteiger partial charge in [0.05, 0.1) is 6.54 Å². The average molecular weight is 188 g/mol. The first kappa shape index (κ1) is 9.15. The smallest absolute Gasteiger partial charge is 0.110 e. The molecule has 0 fully saturated rings. The highest BCUT2D eigenvalue weighted by Gasteiger charge is 1.93. The van der Waals surface area contributed by atoms with Gasteiger partial charge in [-0.05, 0) is 11.6 Å². The Kier molecular flexibility index (Phi) is 3.41. The van der Waals surface area contributed by atoms with Gasteiger partial charge in [0.25, 0.3) is 0 Å². The molecular weight excluding hydrogens is 184 g/mol. The van der Waals surface area contributed by atoms with E-state index in [0.717, 1.165) is 5.56 Å². The van der Waals surface area contributed by atoms with E-state index in [1.807, 2.05) is 6.07 Å². The maximum atomic E-state index is 8.51. The molecule has 0 aromatic carbocycles. The van der Waals surface area contributed by atoms with Crippen molar-refractivity contribution < 1.29 is 0 Å². The first-order chi connectivity index (χ1) is 6.36. The molecule has 0 aliphatic carbocycles. The quantitative estimate of drug-likeness (QED) is 0.288. The first-order valence-electron chi connectivity index (χ1n) is 3.35. The molecule has 0 N–H and O–H groups in total.